The van der Waals surface area contributed by atoms with Gasteiger partial charge in [0.25, 0.3) is 11.5 Å². The molecule has 0 fully saturated rings. The van der Waals surface area contributed by atoms with Gasteiger partial charge in [0, 0.05) is 11.3 Å². The van der Waals surface area contributed by atoms with Crippen LogP contribution in [-0.2, 0) is 16.1 Å². The van der Waals surface area contributed by atoms with Gasteiger partial charge in [-0.05, 0) is 24.3 Å². The van der Waals surface area contributed by atoms with Gasteiger partial charge in [0.1, 0.15) is 6.54 Å². The van der Waals surface area contributed by atoms with E-state index in [0.29, 0.717) is 16.9 Å². The molecule has 2 amide bonds. The van der Waals surface area contributed by atoms with E-state index in [1.807, 2.05) is 0 Å². The Labute approximate surface area is 174 Å². The van der Waals surface area contributed by atoms with Crippen LogP contribution in [0, 0.1) is 0 Å². The molecule has 0 bridgehead atoms. The van der Waals surface area contributed by atoms with Gasteiger partial charge >= 0.3 is 5.97 Å². The average molecular weight is 426 g/mol. The molecule has 3 rings (SSSR count). The van der Waals surface area contributed by atoms with Gasteiger partial charge in [0.2, 0.25) is 11.9 Å². The second kappa shape index (κ2) is 9.30. The summed E-state index contributed by atoms with van der Waals surface area (Å²) >= 11 is 0. The molecule has 1 aromatic carbocycles. The molecule has 31 heavy (non-hydrogen) atoms. The number of aromatic nitrogens is 4. The Balaban J connectivity index is 1.55. The number of carbonyl (C=O) groups is 3. The molecule has 0 atom stereocenters. The number of nitrogen functional groups attached to an aromatic ring is 1. The predicted octanol–water partition coefficient (Wildman–Crippen LogP) is -1.16. The fourth-order valence-electron chi connectivity index (χ4n) is 2.49. The summed E-state index contributed by atoms with van der Waals surface area (Å²) in [6, 6.07) is 6.42. The fraction of sp³-hybridized carbons (Fsp3) is 0.167. The number of fused-ring (bicyclic) bond motifs is 1. The van der Waals surface area contributed by atoms with Crippen LogP contribution in [0.1, 0.15) is 16.1 Å². The first-order chi connectivity index (χ1) is 14.8. The number of nitrogens with two attached hydrogens (primary N) is 1. The van der Waals surface area contributed by atoms with Crippen molar-refractivity contribution in [2.45, 2.75) is 6.54 Å². The van der Waals surface area contributed by atoms with Crippen molar-refractivity contribution in [2.24, 2.45) is 0 Å². The SMILES string of the molecule is Nc1nc2ncc(CNc3ccc(C(=O)NCC(=O)NCC(=O)O)cc3)nc2c(=O)[nH]1. The van der Waals surface area contributed by atoms with Gasteiger partial charge in [-0.1, -0.05) is 0 Å². The van der Waals surface area contributed by atoms with Crippen LogP contribution in [0.15, 0.2) is 35.3 Å². The molecule has 0 saturated heterocycles. The quantitative estimate of drug-likeness (QED) is 0.255. The summed E-state index contributed by atoms with van der Waals surface area (Å²) in [5, 5.41) is 16.1. The maximum absolute atomic E-state index is 12.1. The number of aliphatic carboxylic acids is 1. The minimum Gasteiger partial charge on any atom is -0.480 e. The maximum atomic E-state index is 12.1. The smallest absolute Gasteiger partial charge is 0.322 e. The van der Waals surface area contributed by atoms with Crippen LogP contribution in [-0.4, -0.2) is 55.9 Å². The number of carbonyl (C=O) groups excluding carboxylic acids is 2. The van der Waals surface area contributed by atoms with Gasteiger partial charge in [-0.25, -0.2) is 9.97 Å². The van der Waals surface area contributed by atoms with Gasteiger partial charge in [-0.15, -0.1) is 0 Å². The Kier molecular flexibility index (Phi) is 6.35. The first-order valence-electron chi connectivity index (χ1n) is 8.94. The third kappa shape index (κ3) is 5.72. The number of carboxylic acids is 1. The maximum Gasteiger partial charge on any atom is 0.322 e. The Morgan fingerprint density at radius 3 is 2.52 bits per heavy atom. The van der Waals surface area contributed by atoms with Crippen LogP contribution in [0.4, 0.5) is 11.6 Å². The molecule has 7 N–H and O–H groups in total. The van der Waals surface area contributed by atoms with Crippen molar-refractivity contribution in [3.63, 3.8) is 0 Å². The van der Waals surface area contributed by atoms with Gasteiger partial charge in [0.15, 0.2) is 11.2 Å². The van der Waals surface area contributed by atoms with Gasteiger partial charge < -0.3 is 26.8 Å². The van der Waals surface area contributed by atoms with Crippen LogP contribution >= 0.6 is 0 Å². The zero-order chi connectivity index (χ0) is 22.4. The second-order valence-corrected chi connectivity index (χ2v) is 6.27. The number of carboxylic acid groups (broad SMARTS) is 1. The zero-order valence-electron chi connectivity index (χ0n) is 16.0. The molecule has 13 nitrogen and oxygen atoms in total. The summed E-state index contributed by atoms with van der Waals surface area (Å²) in [6.45, 7) is -0.593. The second-order valence-electron chi connectivity index (χ2n) is 6.27. The first-order valence-corrected chi connectivity index (χ1v) is 8.94. The minimum absolute atomic E-state index is 0.0392. The molecule has 160 valence electrons. The van der Waals surface area contributed by atoms with E-state index >= 15 is 0 Å². The van der Waals surface area contributed by atoms with Gasteiger partial charge in [-0.3, -0.25) is 24.2 Å². The highest BCUT2D eigenvalue weighted by Gasteiger charge is 2.10. The highest BCUT2D eigenvalue weighted by molar-refractivity contribution is 5.97. The number of hydrogen-bond donors (Lipinski definition) is 6. The third-order valence-electron chi connectivity index (χ3n) is 3.95. The van der Waals surface area contributed by atoms with Crippen molar-refractivity contribution in [3.05, 3.63) is 52.1 Å². The summed E-state index contributed by atoms with van der Waals surface area (Å²) < 4.78 is 0. The topological polar surface area (TPSA) is 205 Å². The van der Waals surface area contributed by atoms with Crippen molar-refractivity contribution in [1.29, 1.82) is 0 Å². The van der Waals surface area contributed by atoms with E-state index in [0.717, 1.165) is 0 Å². The van der Waals surface area contributed by atoms with E-state index < -0.39 is 29.9 Å². The number of aromatic amines is 1. The molecule has 13 heteroatoms. The molecule has 0 aliphatic carbocycles. The van der Waals surface area contributed by atoms with Crippen molar-refractivity contribution in [2.75, 3.05) is 24.1 Å². The van der Waals surface area contributed by atoms with Crippen molar-refractivity contribution in [1.82, 2.24) is 30.6 Å². The summed E-state index contributed by atoms with van der Waals surface area (Å²) in [4.78, 5) is 60.3. The highest BCUT2D eigenvalue weighted by Crippen LogP contribution is 2.11. The van der Waals surface area contributed by atoms with E-state index in [1.54, 1.807) is 24.3 Å². The van der Waals surface area contributed by atoms with E-state index in [-0.39, 0.29) is 30.2 Å². The van der Waals surface area contributed by atoms with Gasteiger partial charge in [-0.2, -0.15) is 4.98 Å². The van der Waals surface area contributed by atoms with Gasteiger partial charge in [0.05, 0.1) is 25.0 Å². The lowest BCUT2D eigenvalue weighted by Gasteiger charge is -2.08. The Morgan fingerprint density at radius 1 is 1.06 bits per heavy atom. The molecule has 0 aliphatic heterocycles. The number of benzene rings is 1. The molecule has 0 aliphatic rings. The number of rotatable bonds is 8. The van der Waals surface area contributed by atoms with Crippen molar-refractivity contribution >= 4 is 40.6 Å². The lowest BCUT2D eigenvalue weighted by molar-refractivity contribution is -0.137. The monoisotopic (exact) mass is 426 g/mol. The molecule has 0 radical (unpaired) electrons. The van der Waals surface area contributed by atoms with Crippen LogP contribution in [0.2, 0.25) is 0 Å². The van der Waals surface area contributed by atoms with Crippen LogP contribution < -0.4 is 27.2 Å². The van der Waals surface area contributed by atoms with E-state index in [2.05, 4.69) is 35.9 Å². The van der Waals surface area contributed by atoms with E-state index in [1.165, 1.54) is 6.20 Å². The predicted molar refractivity (Wildman–Crippen MR) is 109 cm³/mol. The molecule has 3 aromatic rings. The molecular formula is C18H18N8O5. The third-order valence-corrected chi connectivity index (χ3v) is 3.95. The summed E-state index contributed by atoms with van der Waals surface area (Å²) in [5.74, 6) is -2.31. The Bertz CT molecular complexity index is 1190. The average Bonchev–Trinajstić information content (AvgIpc) is 2.75. The summed E-state index contributed by atoms with van der Waals surface area (Å²) in [5.41, 5.74) is 6.71. The highest BCUT2D eigenvalue weighted by atomic mass is 16.4. The van der Waals surface area contributed by atoms with E-state index in [9.17, 15) is 19.2 Å². The van der Waals surface area contributed by atoms with Crippen LogP contribution in [0.3, 0.4) is 0 Å². The molecular weight excluding hydrogens is 408 g/mol. The van der Waals surface area contributed by atoms with Crippen molar-refractivity contribution < 1.29 is 19.5 Å². The molecule has 0 saturated carbocycles. The normalized spacial score (nSPS) is 10.5. The fourth-order valence-corrected chi connectivity index (χ4v) is 2.49. The largest absolute Gasteiger partial charge is 0.480 e. The van der Waals surface area contributed by atoms with Crippen molar-refractivity contribution in [3.8, 4) is 0 Å². The molecule has 0 spiro atoms. The number of amides is 2. The number of anilines is 2. The number of H-pyrrole nitrogens is 1. The lowest BCUT2D eigenvalue weighted by Crippen LogP contribution is -2.39. The molecule has 2 heterocycles. The number of nitrogens with zero attached hydrogens (tertiary/aromatic N) is 3. The zero-order valence-corrected chi connectivity index (χ0v) is 16.0. The number of nitrogens with one attached hydrogen (secondary N) is 4. The molecule has 0 unspecified atom stereocenters. The summed E-state index contributed by atoms with van der Waals surface area (Å²) in [7, 11) is 0. The first kappa shape index (κ1) is 21.2. The van der Waals surface area contributed by atoms with E-state index in [4.69, 9.17) is 10.8 Å². The minimum atomic E-state index is -1.18. The standard InChI is InChI=1S/C18H18N8O5/c19-18-25-15-14(17(31)26-18)24-11(6-22-15)5-20-10-3-1-9(2-4-10)16(30)23-7-12(27)21-8-13(28)29/h1-4,6,20H,5,7-8H2,(H,21,27)(H,23,30)(H,28,29)(H3,19,22,25,26,31). The Hall–Kier alpha value is -4.55. The Morgan fingerprint density at radius 2 is 1.81 bits per heavy atom. The van der Waals surface area contributed by atoms with Crippen LogP contribution in [0.25, 0.3) is 11.2 Å². The number of hydrogen-bond acceptors (Lipinski definition) is 9. The summed E-state index contributed by atoms with van der Waals surface area (Å²) in [6.07, 6.45) is 1.47. The lowest BCUT2D eigenvalue weighted by atomic mass is 10.2. The molecule has 2 aromatic heterocycles. The van der Waals surface area contributed by atoms with Crippen LogP contribution in [0.5, 0.6) is 0 Å².